The molecule has 29 heavy (non-hydrogen) atoms. The van der Waals surface area contributed by atoms with E-state index in [0.29, 0.717) is 0 Å². The number of fused-ring (bicyclic) bond motifs is 1. The summed E-state index contributed by atoms with van der Waals surface area (Å²) >= 11 is 0. The highest BCUT2D eigenvalue weighted by atomic mass is 16.2. The second-order valence-electron chi connectivity index (χ2n) is 8.86. The second-order valence-corrected chi connectivity index (χ2v) is 8.86. The minimum Gasteiger partial charge on any atom is -0.349 e. The summed E-state index contributed by atoms with van der Waals surface area (Å²) in [5.41, 5.74) is 2.39. The van der Waals surface area contributed by atoms with Crippen LogP contribution in [0.2, 0.25) is 0 Å². The van der Waals surface area contributed by atoms with Crippen LogP contribution in [-0.4, -0.2) is 29.2 Å². The van der Waals surface area contributed by atoms with Gasteiger partial charge in [0.25, 0.3) is 0 Å². The highest BCUT2D eigenvalue weighted by Crippen LogP contribution is 2.38. The molecule has 5 nitrogen and oxygen atoms in total. The number of carbonyl (C=O) groups is 3. The standard InChI is InChI=1S/C24H34N2O3/c1-4-7-17-10-12-18(13-11-17)22(16(2)3)25-21(27)14-15-26-23(28)19-8-5-6-9-20(19)24(26)29/h10-13,16,19-20,22H,4-9,14-15H2,1-3H3,(H,25,27)/t19-,20-,22-/m0/s1. The summed E-state index contributed by atoms with van der Waals surface area (Å²) in [6, 6.07) is 8.36. The molecule has 1 aromatic rings. The van der Waals surface area contributed by atoms with Gasteiger partial charge in [0, 0.05) is 13.0 Å². The average molecular weight is 399 g/mol. The quantitative estimate of drug-likeness (QED) is 0.673. The number of nitrogens with zero attached hydrogens (tertiary/aromatic N) is 1. The molecule has 1 aromatic carbocycles. The van der Waals surface area contributed by atoms with Gasteiger partial charge in [-0.05, 0) is 36.3 Å². The zero-order valence-corrected chi connectivity index (χ0v) is 17.9. The summed E-state index contributed by atoms with van der Waals surface area (Å²) in [6.45, 7) is 6.53. The van der Waals surface area contributed by atoms with Gasteiger partial charge >= 0.3 is 0 Å². The van der Waals surface area contributed by atoms with Gasteiger partial charge in [-0.15, -0.1) is 0 Å². The van der Waals surface area contributed by atoms with E-state index in [2.05, 4.69) is 50.4 Å². The second kappa shape index (κ2) is 9.55. The Morgan fingerprint density at radius 1 is 1.07 bits per heavy atom. The zero-order valence-electron chi connectivity index (χ0n) is 17.9. The predicted octanol–water partition coefficient (Wildman–Crippen LogP) is 4.02. The summed E-state index contributed by atoms with van der Waals surface area (Å²) in [6.07, 6.45) is 5.97. The summed E-state index contributed by atoms with van der Waals surface area (Å²) in [4.78, 5) is 39.1. The van der Waals surface area contributed by atoms with Crippen molar-refractivity contribution in [3.05, 3.63) is 35.4 Å². The first kappa shape index (κ1) is 21.5. The van der Waals surface area contributed by atoms with Crippen molar-refractivity contribution in [2.45, 2.75) is 71.8 Å². The molecule has 0 radical (unpaired) electrons. The Kier molecular flexibility index (Phi) is 7.09. The maximum atomic E-state index is 12.6. The zero-order chi connectivity index (χ0) is 21.0. The van der Waals surface area contributed by atoms with Gasteiger partial charge in [0.15, 0.2) is 0 Å². The third-order valence-corrected chi connectivity index (χ3v) is 6.36. The fraction of sp³-hybridized carbons (Fsp3) is 0.625. The average Bonchev–Trinajstić information content (AvgIpc) is 2.96. The Bertz CT molecular complexity index is 717. The van der Waals surface area contributed by atoms with Crippen molar-refractivity contribution in [2.75, 3.05) is 6.54 Å². The molecule has 0 aromatic heterocycles. The topological polar surface area (TPSA) is 66.5 Å². The van der Waals surface area contributed by atoms with Gasteiger partial charge in [-0.3, -0.25) is 19.3 Å². The number of rotatable bonds is 8. The predicted molar refractivity (Wildman–Crippen MR) is 113 cm³/mol. The summed E-state index contributed by atoms with van der Waals surface area (Å²) < 4.78 is 0. The molecule has 0 unspecified atom stereocenters. The van der Waals surface area contributed by atoms with Crippen LogP contribution in [0.5, 0.6) is 0 Å². The molecule has 5 heteroatoms. The van der Waals surface area contributed by atoms with Crippen LogP contribution < -0.4 is 5.32 Å². The number of aryl methyl sites for hydroxylation is 1. The SMILES string of the molecule is CCCc1ccc([C@@H](NC(=O)CCN2C(=O)[C@H]3CCCC[C@@H]3C2=O)C(C)C)cc1. The van der Waals surface area contributed by atoms with Crippen molar-refractivity contribution < 1.29 is 14.4 Å². The third kappa shape index (κ3) is 4.88. The Morgan fingerprint density at radius 3 is 2.17 bits per heavy atom. The minimum atomic E-state index is -0.149. The van der Waals surface area contributed by atoms with Crippen LogP contribution in [0.15, 0.2) is 24.3 Å². The molecule has 3 rings (SSSR count). The van der Waals surface area contributed by atoms with Crippen LogP contribution in [0.4, 0.5) is 0 Å². The van der Waals surface area contributed by atoms with Crippen LogP contribution in [-0.2, 0) is 20.8 Å². The third-order valence-electron chi connectivity index (χ3n) is 6.36. The van der Waals surface area contributed by atoms with Crippen LogP contribution in [0.3, 0.4) is 0 Å². The van der Waals surface area contributed by atoms with Gasteiger partial charge in [0.05, 0.1) is 17.9 Å². The molecular formula is C24H34N2O3. The number of benzene rings is 1. The molecule has 1 aliphatic heterocycles. The molecule has 3 amide bonds. The van der Waals surface area contributed by atoms with Gasteiger partial charge in [0.2, 0.25) is 17.7 Å². The van der Waals surface area contributed by atoms with Gasteiger partial charge in [-0.1, -0.05) is 64.3 Å². The molecule has 1 aliphatic carbocycles. The minimum absolute atomic E-state index is 0.0700. The highest BCUT2D eigenvalue weighted by Gasteiger charge is 2.47. The van der Waals surface area contributed by atoms with Gasteiger partial charge in [-0.25, -0.2) is 0 Å². The smallest absolute Gasteiger partial charge is 0.233 e. The lowest BCUT2D eigenvalue weighted by molar-refractivity contribution is -0.140. The van der Waals surface area contributed by atoms with Gasteiger partial charge in [-0.2, -0.15) is 0 Å². The van der Waals surface area contributed by atoms with E-state index in [9.17, 15) is 14.4 Å². The number of amides is 3. The molecule has 1 saturated heterocycles. The molecule has 0 spiro atoms. The van der Waals surface area contributed by atoms with Crippen LogP contribution in [0, 0.1) is 17.8 Å². The fourth-order valence-electron chi connectivity index (χ4n) is 4.73. The summed E-state index contributed by atoms with van der Waals surface area (Å²) in [5.74, 6) is -0.307. The number of hydrogen-bond donors (Lipinski definition) is 1. The Labute approximate surface area is 174 Å². The Hall–Kier alpha value is -2.17. The van der Waals surface area contributed by atoms with Crippen LogP contribution in [0.1, 0.15) is 76.5 Å². The number of nitrogens with one attached hydrogen (secondary N) is 1. The van der Waals surface area contributed by atoms with Gasteiger partial charge < -0.3 is 5.32 Å². The largest absolute Gasteiger partial charge is 0.349 e. The first-order valence-corrected chi connectivity index (χ1v) is 11.2. The molecule has 2 fully saturated rings. The van der Waals surface area contributed by atoms with E-state index >= 15 is 0 Å². The van der Waals surface area contributed by atoms with Gasteiger partial charge in [0.1, 0.15) is 0 Å². The number of carbonyl (C=O) groups excluding carboxylic acids is 3. The molecule has 3 atom stereocenters. The first-order valence-electron chi connectivity index (χ1n) is 11.2. The maximum Gasteiger partial charge on any atom is 0.233 e. The normalized spacial score (nSPS) is 22.7. The number of imide groups is 1. The van der Waals surface area contributed by atoms with E-state index in [1.165, 1.54) is 10.5 Å². The van der Waals surface area contributed by atoms with Crippen molar-refractivity contribution in [1.29, 1.82) is 0 Å². The van der Waals surface area contributed by atoms with E-state index in [1.807, 2.05) is 0 Å². The molecule has 1 heterocycles. The van der Waals surface area contributed by atoms with Crippen molar-refractivity contribution >= 4 is 17.7 Å². The van der Waals surface area contributed by atoms with Crippen molar-refractivity contribution in [1.82, 2.24) is 10.2 Å². The summed E-state index contributed by atoms with van der Waals surface area (Å²) in [5, 5.41) is 3.11. The number of likely N-dealkylation sites (tertiary alicyclic amines) is 1. The molecule has 158 valence electrons. The van der Waals surface area contributed by atoms with E-state index in [1.54, 1.807) is 0 Å². The lowest BCUT2D eigenvalue weighted by Gasteiger charge is -2.24. The maximum absolute atomic E-state index is 12.6. The number of hydrogen-bond acceptors (Lipinski definition) is 3. The monoisotopic (exact) mass is 398 g/mol. The van der Waals surface area contributed by atoms with Crippen molar-refractivity contribution in [2.24, 2.45) is 17.8 Å². The lowest BCUT2D eigenvalue weighted by Crippen LogP contribution is -2.37. The molecule has 0 bridgehead atoms. The molecule has 2 aliphatic rings. The Balaban J connectivity index is 1.58. The van der Waals surface area contributed by atoms with E-state index in [-0.39, 0.29) is 54.5 Å². The molecule has 1 saturated carbocycles. The molecule has 1 N–H and O–H groups in total. The summed E-state index contributed by atoms with van der Waals surface area (Å²) in [7, 11) is 0. The van der Waals surface area contributed by atoms with Crippen LogP contribution >= 0.6 is 0 Å². The molecular weight excluding hydrogens is 364 g/mol. The lowest BCUT2D eigenvalue weighted by atomic mass is 9.81. The Morgan fingerprint density at radius 2 is 1.66 bits per heavy atom. The van der Waals surface area contributed by atoms with Crippen molar-refractivity contribution in [3.8, 4) is 0 Å². The van der Waals surface area contributed by atoms with E-state index in [4.69, 9.17) is 0 Å². The highest BCUT2D eigenvalue weighted by molar-refractivity contribution is 6.05. The van der Waals surface area contributed by atoms with Crippen LogP contribution in [0.25, 0.3) is 0 Å². The first-order chi connectivity index (χ1) is 13.9. The van der Waals surface area contributed by atoms with E-state index < -0.39 is 0 Å². The van der Waals surface area contributed by atoms with Crippen molar-refractivity contribution in [3.63, 3.8) is 0 Å². The fourth-order valence-corrected chi connectivity index (χ4v) is 4.73. The van der Waals surface area contributed by atoms with E-state index in [0.717, 1.165) is 44.1 Å².